The molecule has 0 aromatic heterocycles. The first-order chi connectivity index (χ1) is 8.26. The summed E-state index contributed by atoms with van der Waals surface area (Å²) in [7, 11) is 0. The Morgan fingerprint density at radius 2 is 2.18 bits per heavy atom. The van der Waals surface area contributed by atoms with Gasteiger partial charge >= 0.3 is 0 Å². The van der Waals surface area contributed by atoms with E-state index in [1.807, 2.05) is 12.1 Å². The standard InChI is InChI=1S/C14H20BrNO/c1-2-3-8-16(12-5-6-12)14-7-4-11(10-17)9-13(14)15/h4,7,9,12,17H,2-3,5-6,8,10H2,1H3. The highest BCUT2D eigenvalue weighted by Gasteiger charge is 2.29. The molecular formula is C14H20BrNO. The second kappa shape index (κ2) is 5.87. The van der Waals surface area contributed by atoms with Crippen molar-refractivity contribution in [2.24, 2.45) is 0 Å². The van der Waals surface area contributed by atoms with Gasteiger partial charge in [0.1, 0.15) is 0 Å². The lowest BCUT2D eigenvalue weighted by Gasteiger charge is -2.26. The summed E-state index contributed by atoms with van der Waals surface area (Å²) in [5, 5.41) is 9.12. The van der Waals surface area contributed by atoms with Crippen LogP contribution in [0.5, 0.6) is 0 Å². The lowest BCUT2D eigenvalue weighted by Crippen LogP contribution is -2.27. The molecule has 1 fully saturated rings. The van der Waals surface area contributed by atoms with Crippen molar-refractivity contribution in [2.75, 3.05) is 11.4 Å². The maximum Gasteiger partial charge on any atom is 0.0682 e. The van der Waals surface area contributed by atoms with Crippen molar-refractivity contribution in [1.82, 2.24) is 0 Å². The summed E-state index contributed by atoms with van der Waals surface area (Å²) in [6.45, 7) is 3.48. The van der Waals surface area contributed by atoms with Crippen molar-refractivity contribution < 1.29 is 5.11 Å². The first-order valence-electron chi connectivity index (χ1n) is 6.42. The second-order valence-electron chi connectivity index (χ2n) is 4.72. The zero-order valence-electron chi connectivity index (χ0n) is 10.3. The fourth-order valence-corrected chi connectivity index (χ4v) is 2.75. The summed E-state index contributed by atoms with van der Waals surface area (Å²) in [6, 6.07) is 6.90. The van der Waals surface area contributed by atoms with Crippen LogP contribution in [0.4, 0.5) is 5.69 Å². The predicted octanol–water partition coefficient (Wildman–Crippen LogP) is 3.71. The molecule has 2 nitrogen and oxygen atoms in total. The molecule has 0 heterocycles. The fraction of sp³-hybridized carbons (Fsp3) is 0.571. The molecule has 1 N–H and O–H groups in total. The number of halogens is 1. The highest BCUT2D eigenvalue weighted by atomic mass is 79.9. The molecule has 0 bridgehead atoms. The number of unbranched alkanes of at least 4 members (excludes halogenated alkanes) is 1. The van der Waals surface area contributed by atoms with Crippen LogP contribution in [0.1, 0.15) is 38.2 Å². The molecule has 0 amide bonds. The largest absolute Gasteiger partial charge is 0.392 e. The van der Waals surface area contributed by atoms with E-state index in [2.05, 4.69) is 33.8 Å². The molecule has 0 radical (unpaired) electrons. The number of hydrogen-bond acceptors (Lipinski definition) is 2. The van der Waals surface area contributed by atoms with E-state index in [0.717, 1.165) is 22.6 Å². The molecular weight excluding hydrogens is 278 g/mol. The van der Waals surface area contributed by atoms with E-state index in [1.54, 1.807) is 0 Å². The Bertz CT molecular complexity index is 376. The summed E-state index contributed by atoms with van der Waals surface area (Å²) in [4.78, 5) is 2.51. The molecule has 0 spiro atoms. The van der Waals surface area contributed by atoms with Gasteiger partial charge in [-0.25, -0.2) is 0 Å². The van der Waals surface area contributed by atoms with Crippen molar-refractivity contribution in [2.45, 2.75) is 45.3 Å². The number of rotatable bonds is 6. The van der Waals surface area contributed by atoms with Gasteiger partial charge in [0.15, 0.2) is 0 Å². The van der Waals surface area contributed by atoms with Crippen molar-refractivity contribution in [1.29, 1.82) is 0 Å². The molecule has 0 saturated heterocycles. The van der Waals surface area contributed by atoms with E-state index in [9.17, 15) is 0 Å². The number of aliphatic hydroxyl groups excluding tert-OH is 1. The van der Waals surface area contributed by atoms with Crippen molar-refractivity contribution in [3.05, 3.63) is 28.2 Å². The molecule has 0 aliphatic heterocycles. The molecule has 1 aliphatic carbocycles. The van der Waals surface area contributed by atoms with Gasteiger partial charge in [-0.3, -0.25) is 0 Å². The Morgan fingerprint density at radius 1 is 1.41 bits per heavy atom. The highest BCUT2D eigenvalue weighted by Crippen LogP contribution is 2.36. The molecule has 94 valence electrons. The summed E-state index contributed by atoms with van der Waals surface area (Å²) >= 11 is 3.62. The summed E-state index contributed by atoms with van der Waals surface area (Å²) in [6.07, 6.45) is 5.11. The Morgan fingerprint density at radius 3 is 2.71 bits per heavy atom. The zero-order valence-corrected chi connectivity index (χ0v) is 11.9. The van der Waals surface area contributed by atoms with E-state index in [0.29, 0.717) is 0 Å². The lowest BCUT2D eigenvalue weighted by molar-refractivity contribution is 0.282. The molecule has 0 atom stereocenters. The van der Waals surface area contributed by atoms with E-state index in [4.69, 9.17) is 5.11 Å². The van der Waals surface area contributed by atoms with Gasteiger partial charge in [0.2, 0.25) is 0 Å². The first-order valence-corrected chi connectivity index (χ1v) is 7.21. The molecule has 17 heavy (non-hydrogen) atoms. The Hall–Kier alpha value is -0.540. The van der Waals surface area contributed by atoms with Gasteiger partial charge in [-0.05, 0) is 52.9 Å². The minimum Gasteiger partial charge on any atom is -0.392 e. The monoisotopic (exact) mass is 297 g/mol. The van der Waals surface area contributed by atoms with Gasteiger partial charge in [0, 0.05) is 17.1 Å². The lowest BCUT2D eigenvalue weighted by atomic mass is 10.2. The molecule has 0 unspecified atom stereocenters. The molecule has 3 heteroatoms. The van der Waals surface area contributed by atoms with Gasteiger partial charge in [-0.15, -0.1) is 0 Å². The number of anilines is 1. The van der Waals surface area contributed by atoms with Gasteiger partial charge in [-0.1, -0.05) is 19.4 Å². The molecule has 2 rings (SSSR count). The van der Waals surface area contributed by atoms with Crippen LogP contribution in [0, 0.1) is 0 Å². The third-order valence-corrected chi connectivity index (χ3v) is 3.88. The number of hydrogen-bond donors (Lipinski definition) is 1. The minimum atomic E-state index is 0.108. The highest BCUT2D eigenvalue weighted by molar-refractivity contribution is 9.10. The van der Waals surface area contributed by atoms with Gasteiger partial charge in [0.25, 0.3) is 0 Å². The fourth-order valence-electron chi connectivity index (χ4n) is 2.10. The van der Waals surface area contributed by atoms with Crippen molar-refractivity contribution >= 4 is 21.6 Å². The molecule has 1 aromatic carbocycles. The third kappa shape index (κ3) is 3.23. The van der Waals surface area contributed by atoms with Crippen molar-refractivity contribution in [3.8, 4) is 0 Å². The van der Waals surface area contributed by atoms with Crippen LogP contribution >= 0.6 is 15.9 Å². The smallest absolute Gasteiger partial charge is 0.0682 e. The van der Waals surface area contributed by atoms with Crippen LogP contribution in [-0.4, -0.2) is 17.7 Å². The number of aliphatic hydroxyl groups is 1. The van der Waals surface area contributed by atoms with Crippen molar-refractivity contribution in [3.63, 3.8) is 0 Å². The summed E-state index contributed by atoms with van der Waals surface area (Å²) < 4.78 is 1.10. The summed E-state index contributed by atoms with van der Waals surface area (Å²) in [5.41, 5.74) is 2.24. The van der Waals surface area contributed by atoms with Gasteiger partial charge in [0.05, 0.1) is 12.3 Å². The molecule has 1 aromatic rings. The molecule has 1 aliphatic rings. The van der Waals surface area contributed by atoms with Crippen LogP contribution < -0.4 is 4.90 Å². The number of benzene rings is 1. The third-order valence-electron chi connectivity index (χ3n) is 3.24. The average Bonchev–Trinajstić information content (AvgIpc) is 3.15. The quantitative estimate of drug-likeness (QED) is 0.865. The normalized spacial score (nSPS) is 15.0. The average molecular weight is 298 g/mol. The van der Waals surface area contributed by atoms with E-state index >= 15 is 0 Å². The topological polar surface area (TPSA) is 23.5 Å². The van der Waals surface area contributed by atoms with E-state index in [1.165, 1.54) is 31.4 Å². The van der Waals surface area contributed by atoms with Gasteiger partial charge < -0.3 is 10.0 Å². The van der Waals surface area contributed by atoms with Gasteiger partial charge in [-0.2, -0.15) is 0 Å². The Balaban J connectivity index is 2.16. The SMILES string of the molecule is CCCCN(c1ccc(CO)cc1Br)C1CC1. The van der Waals surface area contributed by atoms with E-state index < -0.39 is 0 Å². The van der Waals surface area contributed by atoms with Crippen LogP contribution in [0.2, 0.25) is 0 Å². The Kier molecular flexibility index (Phi) is 4.46. The molecule has 1 saturated carbocycles. The van der Waals surface area contributed by atoms with Crippen LogP contribution in [0.25, 0.3) is 0 Å². The first kappa shape index (κ1) is 12.9. The zero-order chi connectivity index (χ0) is 12.3. The van der Waals surface area contributed by atoms with E-state index in [-0.39, 0.29) is 6.61 Å². The minimum absolute atomic E-state index is 0.108. The predicted molar refractivity (Wildman–Crippen MR) is 75.3 cm³/mol. The maximum atomic E-state index is 9.12. The maximum absolute atomic E-state index is 9.12. The van der Waals surface area contributed by atoms with Crippen LogP contribution in [0.15, 0.2) is 22.7 Å². The Labute approximate surface area is 112 Å². The van der Waals surface area contributed by atoms with Crippen LogP contribution in [0.3, 0.4) is 0 Å². The number of nitrogens with zero attached hydrogens (tertiary/aromatic N) is 1. The summed E-state index contributed by atoms with van der Waals surface area (Å²) in [5.74, 6) is 0. The second-order valence-corrected chi connectivity index (χ2v) is 5.58. The van der Waals surface area contributed by atoms with Crippen LogP contribution in [-0.2, 0) is 6.61 Å².